The van der Waals surface area contributed by atoms with E-state index < -0.39 is 39.7 Å². The van der Waals surface area contributed by atoms with Crippen molar-refractivity contribution < 1.29 is 40.9 Å². The Morgan fingerprint density at radius 1 is 0.434 bits per heavy atom. The maximum Gasteiger partial charge on any atom is 0.0849 e. The second kappa shape index (κ2) is 24.5. The number of hydrogen-bond donors (Lipinski definition) is 8. The summed E-state index contributed by atoms with van der Waals surface area (Å²) in [4.78, 5) is 0. The number of hydrogen-bond acceptors (Lipinski definition) is 8. The number of aliphatic hydroxyl groups is 8. The summed E-state index contributed by atoms with van der Waals surface area (Å²) in [7, 11) is 0. The molecule has 8 nitrogen and oxygen atoms in total. The molecule has 0 unspecified atom stereocenters. The van der Waals surface area contributed by atoms with Gasteiger partial charge in [-0.05, 0) is 204 Å². The molecule has 0 aliphatic carbocycles. The molecule has 0 saturated carbocycles. The third-order valence-electron chi connectivity index (χ3n) is 11.3. The Labute approximate surface area is 325 Å². The molecule has 0 amide bonds. The van der Waals surface area contributed by atoms with Crippen LogP contribution in [0.3, 0.4) is 0 Å². The first-order chi connectivity index (χ1) is 24.2. The van der Waals surface area contributed by atoms with E-state index in [9.17, 15) is 35.7 Å². The van der Waals surface area contributed by atoms with Crippen molar-refractivity contribution in [2.75, 3.05) is 6.61 Å². The lowest BCUT2D eigenvalue weighted by atomic mass is 9.83. The molecule has 0 aromatic carbocycles. The average Bonchev–Trinajstić information content (AvgIpc) is 2.98. The maximum absolute atomic E-state index is 11.0. The Balaban J connectivity index is 4.36. The smallest absolute Gasteiger partial charge is 0.0849 e. The molecule has 6 atom stereocenters. The molecule has 53 heavy (non-hydrogen) atoms. The fourth-order valence-electron chi connectivity index (χ4n) is 7.13. The fourth-order valence-corrected chi connectivity index (χ4v) is 7.13. The van der Waals surface area contributed by atoms with E-state index >= 15 is 0 Å². The van der Waals surface area contributed by atoms with Gasteiger partial charge in [-0.25, -0.2) is 0 Å². The van der Waals surface area contributed by atoms with Gasteiger partial charge in [-0.15, -0.1) is 0 Å². The summed E-state index contributed by atoms with van der Waals surface area (Å²) < 4.78 is 0. The molecule has 0 spiro atoms. The second-order valence-electron chi connectivity index (χ2n) is 18.9. The highest BCUT2D eigenvalue weighted by molar-refractivity contribution is 5.06. The number of allylic oxidation sites excluding steroid dienone is 5. The van der Waals surface area contributed by atoms with Gasteiger partial charge in [-0.1, -0.05) is 34.9 Å². The molecule has 0 heterocycles. The average molecular weight is 755 g/mol. The Kier molecular flexibility index (Phi) is 24.0. The molecule has 0 fully saturated rings. The minimum atomic E-state index is -1.21. The first kappa shape index (κ1) is 51.9. The van der Waals surface area contributed by atoms with Crippen LogP contribution in [0.25, 0.3) is 0 Å². The molecule has 0 bridgehead atoms. The molecule has 0 aliphatic rings. The van der Waals surface area contributed by atoms with Gasteiger partial charge in [-0.3, -0.25) is 0 Å². The molecule has 0 rings (SSSR count). The van der Waals surface area contributed by atoms with Crippen molar-refractivity contribution in [3.05, 3.63) is 34.9 Å². The van der Waals surface area contributed by atoms with Crippen molar-refractivity contribution in [1.82, 2.24) is 0 Å². The summed E-state index contributed by atoms with van der Waals surface area (Å²) in [5, 5.41) is 83.6. The molecule has 0 aliphatic heterocycles. The third-order valence-corrected chi connectivity index (χ3v) is 11.3. The minimum Gasteiger partial charge on any atom is -0.392 e. The van der Waals surface area contributed by atoms with Crippen molar-refractivity contribution in [3.63, 3.8) is 0 Å². The summed E-state index contributed by atoms with van der Waals surface area (Å²) in [5.41, 5.74) is -1.63. The Hall–Kier alpha value is -1.10. The minimum absolute atomic E-state index is 0.109. The van der Waals surface area contributed by atoms with E-state index in [0.29, 0.717) is 83.5 Å². The topological polar surface area (TPSA) is 162 Å². The highest BCUT2D eigenvalue weighted by Gasteiger charge is 2.31. The van der Waals surface area contributed by atoms with Crippen LogP contribution >= 0.6 is 0 Å². The van der Waals surface area contributed by atoms with Crippen LogP contribution in [-0.4, -0.2) is 87.2 Å². The van der Waals surface area contributed by atoms with Crippen LogP contribution in [0.15, 0.2) is 34.9 Å². The van der Waals surface area contributed by atoms with Gasteiger partial charge in [0.15, 0.2) is 0 Å². The third kappa shape index (κ3) is 28.9. The molecule has 8 N–H and O–H groups in total. The first-order valence-electron chi connectivity index (χ1n) is 20.8. The van der Waals surface area contributed by atoms with E-state index in [2.05, 4.69) is 32.9 Å². The molecular formula is C45H86O8. The quantitative estimate of drug-likeness (QED) is 0.0326. The van der Waals surface area contributed by atoms with Crippen LogP contribution in [0.2, 0.25) is 0 Å². The largest absolute Gasteiger partial charge is 0.392 e. The molecule has 0 aromatic rings. The molecule has 0 saturated heterocycles. The fraction of sp³-hybridized carbons (Fsp3) is 0.867. The van der Waals surface area contributed by atoms with Gasteiger partial charge in [0.2, 0.25) is 0 Å². The predicted molar refractivity (Wildman–Crippen MR) is 221 cm³/mol. The molecular weight excluding hydrogens is 668 g/mol. The maximum atomic E-state index is 11.0. The van der Waals surface area contributed by atoms with Crippen LogP contribution in [0.4, 0.5) is 0 Å². The van der Waals surface area contributed by atoms with Gasteiger partial charge < -0.3 is 40.9 Å². The van der Waals surface area contributed by atoms with E-state index in [0.717, 1.165) is 51.4 Å². The monoisotopic (exact) mass is 755 g/mol. The van der Waals surface area contributed by atoms with E-state index in [1.54, 1.807) is 27.7 Å². The molecule has 0 aromatic heterocycles. The Morgan fingerprint density at radius 2 is 0.717 bits per heavy atom. The normalized spacial score (nSPS) is 19.9. The lowest BCUT2D eigenvalue weighted by molar-refractivity contribution is -0.0649. The molecule has 314 valence electrons. The first-order valence-corrected chi connectivity index (χ1v) is 20.8. The second-order valence-corrected chi connectivity index (χ2v) is 18.9. The summed E-state index contributed by atoms with van der Waals surface area (Å²) >= 11 is 0. The highest BCUT2D eigenvalue weighted by atomic mass is 16.3. The van der Waals surface area contributed by atoms with Crippen molar-refractivity contribution in [1.29, 1.82) is 0 Å². The van der Waals surface area contributed by atoms with Crippen molar-refractivity contribution in [3.8, 4) is 0 Å². The predicted octanol–water partition coefficient (Wildman–Crippen LogP) is 8.90. The van der Waals surface area contributed by atoms with E-state index in [1.165, 1.54) is 16.7 Å². The van der Waals surface area contributed by atoms with Crippen molar-refractivity contribution in [2.24, 2.45) is 0 Å². The summed E-state index contributed by atoms with van der Waals surface area (Å²) in [6, 6.07) is 0. The highest BCUT2D eigenvalue weighted by Crippen LogP contribution is 2.31. The summed E-state index contributed by atoms with van der Waals surface area (Å²) in [5.74, 6) is 0. The van der Waals surface area contributed by atoms with Gasteiger partial charge >= 0.3 is 0 Å². The van der Waals surface area contributed by atoms with Gasteiger partial charge in [0.25, 0.3) is 0 Å². The van der Waals surface area contributed by atoms with Gasteiger partial charge in [0.1, 0.15) is 0 Å². The van der Waals surface area contributed by atoms with Gasteiger partial charge in [-0.2, -0.15) is 0 Å². The zero-order valence-corrected chi connectivity index (χ0v) is 35.9. The SMILES string of the molecule is C/C(=C\CO)CC/C=C(\C)CC/C=C(\C)CCC[C@@](C)(O)CCC[C@@](C)(O)CCC[C@@](C)(O)CCC[C@@](C)(O)CCC[C@@](C)(O)CC[C@H](O)C(C)(C)O. The zero-order chi connectivity index (χ0) is 41.0. The lowest BCUT2D eigenvalue weighted by Crippen LogP contribution is -2.38. The lowest BCUT2D eigenvalue weighted by Gasteiger charge is -2.31. The number of rotatable bonds is 31. The van der Waals surface area contributed by atoms with E-state index in [1.807, 2.05) is 26.8 Å². The van der Waals surface area contributed by atoms with Crippen molar-refractivity contribution >= 4 is 0 Å². The van der Waals surface area contributed by atoms with Gasteiger partial charge in [0.05, 0.1) is 46.3 Å². The van der Waals surface area contributed by atoms with Crippen LogP contribution in [0, 0.1) is 0 Å². The van der Waals surface area contributed by atoms with E-state index in [4.69, 9.17) is 5.11 Å². The van der Waals surface area contributed by atoms with Crippen molar-refractivity contribution in [2.45, 2.75) is 244 Å². The standard InChI is InChI=1S/C45H86O8/c1-36(19-12-21-38(3)24-35-46)18-11-20-37(2)22-13-25-41(6,49)26-14-27-42(7,50)28-15-29-43(8,51)30-16-31-44(9,52)32-17-33-45(10,53)34-23-39(47)40(4,5)48/h19-20,24,39,46-53H,11-18,21-23,25-35H2,1-10H3/b36-19+,37-20+,38-24+/t39-,41+,42+,43+,44+,45+/m0/s1. The van der Waals surface area contributed by atoms with Crippen LogP contribution in [-0.2, 0) is 0 Å². The van der Waals surface area contributed by atoms with Crippen LogP contribution in [0.5, 0.6) is 0 Å². The zero-order valence-electron chi connectivity index (χ0n) is 35.9. The Bertz CT molecular complexity index is 1070. The molecule has 0 radical (unpaired) electrons. The Morgan fingerprint density at radius 3 is 1.04 bits per heavy atom. The van der Waals surface area contributed by atoms with Crippen LogP contribution in [0.1, 0.15) is 204 Å². The summed E-state index contributed by atoms with van der Waals surface area (Å²) in [6.07, 6.45) is 20.1. The van der Waals surface area contributed by atoms with Crippen LogP contribution < -0.4 is 0 Å². The van der Waals surface area contributed by atoms with Gasteiger partial charge in [0, 0.05) is 0 Å². The number of aliphatic hydroxyl groups excluding tert-OH is 2. The molecule has 8 heteroatoms. The summed E-state index contributed by atoms with van der Waals surface area (Å²) in [6.45, 7) is 18.7. The van der Waals surface area contributed by atoms with E-state index in [-0.39, 0.29) is 6.61 Å².